The summed E-state index contributed by atoms with van der Waals surface area (Å²) in [5.41, 5.74) is 1.52. The molecule has 0 fully saturated rings. The van der Waals surface area contributed by atoms with Crippen LogP contribution < -0.4 is 4.90 Å². The maximum Gasteiger partial charge on any atom is 0.101 e. The zero-order chi connectivity index (χ0) is 12.0. The lowest BCUT2D eigenvalue weighted by atomic mass is 10.2. The number of likely N-dealkylation sites (N-methyl/N-ethyl adjacent to an activating group) is 1. The van der Waals surface area contributed by atoms with Crippen molar-refractivity contribution in [2.45, 2.75) is 19.9 Å². The standard InChI is InChI=1S/C12H17N3O/c1-4-15(10(2)9-16-3)12-8-14-6-5-11(12)7-13/h5-6,8,10H,4,9H2,1-3H3. The van der Waals surface area contributed by atoms with Crippen molar-refractivity contribution in [3.63, 3.8) is 0 Å². The van der Waals surface area contributed by atoms with Gasteiger partial charge in [-0.2, -0.15) is 5.26 Å². The third-order valence-electron chi connectivity index (χ3n) is 2.51. The van der Waals surface area contributed by atoms with Crippen molar-refractivity contribution in [3.8, 4) is 6.07 Å². The van der Waals surface area contributed by atoms with Crippen molar-refractivity contribution in [1.29, 1.82) is 5.26 Å². The number of nitrogens with zero attached hydrogens (tertiary/aromatic N) is 3. The lowest BCUT2D eigenvalue weighted by Gasteiger charge is -2.29. The Labute approximate surface area is 96.5 Å². The van der Waals surface area contributed by atoms with Gasteiger partial charge in [0.1, 0.15) is 6.07 Å². The highest BCUT2D eigenvalue weighted by Crippen LogP contribution is 2.20. The highest BCUT2D eigenvalue weighted by atomic mass is 16.5. The van der Waals surface area contributed by atoms with E-state index in [1.807, 2.05) is 0 Å². The predicted octanol–water partition coefficient (Wildman–Crippen LogP) is 1.81. The SMILES string of the molecule is CCN(c1cnccc1C#N)C(C)COC. The maximum absolute atomic E-state index is 9.04. The van der Waals surface area contributed by atoms with Crippen LogP contribution in [0.1, 0.15) is 19.4 Å². The van der Waals surface area contributed by atoms with Gasteiger partial charge in [0, 0.05) is 25.9 Å². The third kappa shape index (κ3) is 2.71. The Balaban J connectivity index is 2.99. The topological polar surface area (TPSA) is 49.2 Å². The predicted molar refractivity (Wildman–Crippen MR) is 63.3 cm³/mol. The second kappa shape index (κ2) is 6.09. The molecular formula is C12H17N3O. The lowest BCUT2D eigenvalue weighted by molar-refractivity contribution is 0.182. The zero-order valence-electron chi connectivity index (χ0n) is 9.97. The van der Waals surface area contributed by atoms with Gasteiger partial charge in [-0.3, -0.25) is 4.98 Å². The first kappa shape index (κ1) is 12.5. The second-order valence-electron chi connectivity index (χ2n) is 3.60. The normalized spacial score (nSPS) is 11.9. The Kier molecular flexibility index (Phi) is 4.74. The Morgan fingerprint density at radius 3 is 2.94 bits per heavy atom. The molecule has 1 unspecified atom stereocenters. The first-order valence-electron chi connectivity index (χ1n) is 5.34. The van der Waals surface area contributed by atoms with Gasteiger partial charge in [-0.15, -0.1) is 0 Å². The maximum atomic E-state index is 9.04. The molecule has 0 radical (unpaired) electrons. The van der Waals surface area contributed by atoms with Crippen LogP contribution in [-0.2, 0) is 4.74 Å². The molecule has 0 aromatic carbocycles. The van der Waals surface area contributed by atoms with Crippen molar-refractivity contribution in [2.75, 3.05) is 25.2 Å². The van der Waals surface area contributed by atoms with Crippen LogP contribution in [0.15, 0.2) is 18.5 Å². The molecule has 0 N–H and O–H groups in total. The van der Waals surface area contributed by atoms with E-state index in [1.165, 1.54) is 0 Å². The molecular weight excluding hydrogens is 202 g/mol. The quantitative estimate of drug-likeness (QED) is 0.758. The first-order chi connectivity index (χ1) is 7.74. The van der Waals surface area contributed by atoms with Crippen LogP contribution >= 0.6 is 0 Å². The monoisotopic (exact) mass is 219 g/mol. The molecule has 0 amide bonds. The van der Waals surface area contributed by atoms with E-state index in [9.17, 15) is 0 Å². The van der Waals surface area contributed by atoms with Gasteiger partial charge in [-0.05, 0) is 19.9 Å². The molecule has 0 aliphatic heterocycles. The van der Waals surface area contributed by atoms with E-state index in [0.717, 1.165) is 12.2 Å². The van der Waals surface area contributed by atoms with E-state index in [0.29, 0.717) is 12.2 Å². The molecule has 1 aromatic rings. The van der Waals surface area contributed by atoms with E-state index in [4.69, 9.17) is 10.00 Å². The fourth-order valence-corrected chi connectivity index (χ4v) is 1.76. The molecule has 0 aliphatic rings. The number of anilines is 1. The summed E-state index contributed by atoms with van der Waals surface area (Å²) in [6.45, 7) is 5.58. The van der Waals surface area contributed by atoms with Crippen LogP contribution in [0.4, 0.5) is 5.69 Å². The molecule has 86 valence electrons. The van der Waals surface area contributed by atoms with Crippen LogP contribution in [0, 0.1) is 11.3 Å². The minimum atomic E-state index is 0.228. The fraction of sp³-hybridized carbons (Fsp3) is 0.500. The summed E-state index contributed by atoms with van der Waals surface area (Å²) >= 11 is 0. The summed E-state index contributed by atoms with van der Waals surface area (Å²) in [6, 6.07) is 4.15. The lowest BCUT2D eigenvalue weighted by Crippen LogP contribution is -2.36. The molecule has 0 saturated carbocycles. The highest BCUT2D eigenvalue weighted by Gasteiger charge is 2.15. The Morgan fingerprint density at radius 1 is 1.62 bits per heavy atom. The van der Waals surface area contributed by atoms with Gasteiger partial charge in [0.25, 0.3) is 0 Å². The summed E-state index contributed by atoms with van der Waals surface area (Å²) < 4.78 is 5.14. The van der Waals surface area contributed by atoms with E-state index in [-0.39, 0.29) is 6.04 Å². The molecule has 1 atom stereocenters. The smallest absolute Gasteiger partial charge is 0.101 e. The number of nitriles is 1. The van der Waals surface area contributed by atoms with Crippen LogP contribution in [0.3, 0.4) is 0 Å². The van der Waals surface area contributed by atoms with Crippen LogP contribution in [0.2, 0.25) is 0 Å². The van der Waals surface area contributed by atoms with Gasteiger partial charge < -0.3 is 9.64 Å². The van der Waals surface area contributed by atoms with Crippen molar-refractivity contribution in [3.05, 3.63) is 24.0 Å². The number of methoxy groups -OCH3 is 1. The van der Waals surface area contributed by atoms with E-state index in [1.54, 1.807) is 25.6 Å². The fourth-order valence-electron chi connectivity index (χ4n) is 1.76. The summed E-state index contributed by atoms with van der Waals surface area (Å²) in [5, 5.41) is 9.04. The molecule has 0 saturated heterocycles. The van der Waals surface area contributed by atoms with Crippen molar-refractivity contribution in [2.24, 2.45) is 0 Å². The molecule has 0 spiro atoms. The Bertz CT molecular complexity index is 373. The highest BCUT2D eigenvalue weighted by molar-refractivity contribution is 5.58. The number of rotatable bonds is 5. The summed E-state index contributed by atoms with van der Waals surface area (Å²) in [7, 11) is 1.68. The number of ether oxygens (including phenoxy) is 1. The van der Waals surface area contributed by atoms with Crippen molar-refractivity contribution < 1.29 is 4.74 Å². The number of hydrogen-bond donors (Lipinski definition) is 0. The van der Waals surface area contributed by atoms with Crippen molar-refractivity contribution >= 4 is 5.69 Å². The van der Waals surface area contributed by atoms with E-state index < -0.39 is 0 Å². The van der Waals surface area contributed by atoms with Crippen molar-refractivity contribution in [1.82, 2.24) is 4.98 Å². The van der Waals surface area contributed by atoms with Gasteiger partial charge in [-0.1, -0.05) is 0 Å². The van der Waals surface area contributed by atoms with Gasteiger partial charge in [0.2, 0.25) is 0 Å². The van der Waals surface area contributed by atoms with E-state index in [2.05, 4.69) is 29.8 Å². The molecule has 16 heavy (non-hydrogen) atoms. The molecule has 0 aliphatic carbocycles. The molecule has 1 rings (SSSR count). The number of hydrogen-bond acceptors (Lipinski definition) is 4. The average molecular weight is 219 g/mol. The minimum Gasteiger partial charge on any atom is -0.383 e. The first-order valence-corrected chi connectivity index (χ1v) is 5.34. The third-order valence-corrected chi connectivity index (χ3v) is 2.51. The molecule has 4 nitrogen and oxygen atoms in total. The van der Waals surface area contributed by atoms with Crippen LogP contribution in [0.5, 0.6) is 0 Å². The summed E-state index contributed by atoms with van der Waals surface area (Å²) in [6.07, 6.45) is 3.37. The Morgan fingerprint density at radius 2 is 2.38 bits per heavy atom. The summed E-state index contributed by atoms with van der Waals surface area (Å²) in [4.78, 5) is 6.19. The largest absolute Gasteiger partial charge is 0.383 e. The van der Waals surface area contributed by atoms with Gasteiger partial charge in [0.15, 0.2) is 0 Å². The zero-order valence-corrected chi connectivity index (χ0v) is 9.97. The van der Waals surface area contributed by atoms with Crippen LogP contribution in [0.25, 0.3) is 0 Å². The van der Waals surface area contributed by atoms with Gasteiger partial charge in [0.05, 0.1) is 24.1 Å². The summed E-state index contributed by atoms with van der Waals surface area (Å²) in [5.74, 6) is 0. The average Bonchev–Trinajstić information content (AvgIpc) is 2.31. The molecule has 0 bridgehead atoms. The second-order valence-corrected chi connectivity index (χ2v) is 3.60. The van der Waals surface area contributed by atoms with E-state index >= 15 is 0 Å². The van der Waals surface area contributed by atoms with Gasteiger partial charge >= 0.3 is 0 Å². The number of aromatic nitrogens is 1. The van der Waals surface area contributed by atoms with Gasteiger partial charge in [-0.25, -0.2) is 0 Å². The minimum absolute atomic E-state index is 0.228. The molecule has 1 aromatic heterocycles. The molecule has 1 heterocycles. The molecule has 4 heteroatoms. The number of pyridine rings is 1. The Hall–Kier alpha value is -1.60. The van der Waals surface area contributed by atoms with Crippen LogP contribution in [-0.4, -0.2) is 31.3 Å².